The SMILES string of the molecule is CC1([Si](C)(C)C2(C)c3ccccc3-c3ccccc32)c2ccccc2-c2ccccc21. The van der Waals surface area contributed by atoms with Gasteiger partial charge in [0.15, 0.2) is 0 Å². The van der Waals surface area contributed by atoms with Gasteiger partial charge in [-0.15, -0.1) is 0 Å². The Bertz CT molecular complexity index is 1150. The number of hydrogen-bond acceptors (Lipinski definition) is 0. The molecule has 0 bridgehead atoms. The normalized spacial score (nSPS) is 16.9. The van der Waals surface area contributed by atoms with Gasteiger partial charge in [-0.05, 0) is 44.5 Å². The van der Waals surface area contributed by atoms with Crippen LogP contribution in [-0.2, 0) is 10.1 Å². The Balaban J connectivity index is 1.70. The molecular weight excluding hydrogens is 388 g/mol. The zero-order valence-corrected chi connectivity index (χ0v) is 19.7. The summed E-state index contributed by atoms with van der Waals surface area (Å²) in [6, 6.07) is 36.5. The fourth-order valence-electron chi connectivity index (χ4n) is 6.75. The first-order valence-corrected chi connectivity index (χ1v) is 14.3. The number of fused-ring (bicyclic) bond motifs is 6. The van der Waals surface area contributed by atoms with E-state index in [2.05, 4.69) is 124 Å². The van der Waals surface area contributed by atoms with Gasteiger partial charge >= 0.3 is 0 Å². The highest BCUT2D eigenvalue weighted by Crippen LogP contribution is 2.62. The molecule has 152 valence electrons. The molecule has 0 aliphatic heterocycles. The molecule has 0 atom stereocenters. The highest BCUT2D eigenvalue weighted by atomic mass is 28.3. The molecule has 0 spiro atoms. The maximum Gasteiger partial charge on any atom is 0.0800 e. The highest BCUT2D eigenvalue weighted by molar-refractivity contribution is 6.85. The van der Waals surface area contributed by atoms with Gasteiger partial charge in [-0.1, -0.05) is 124 Å². The number of hydrogen-bond donors (Lipinski definition) is 0. The Morgan fingerprint density at radius 2 is 0.645 bits per heavy atom. The maximum atomic E-state index is 2.63. The molecule has 0 aromatic heterocycles. The van der Waals surface area contributed by atoms with Crippen LogP contribution in [0, 0.1) is 0 Å². The summed E-state index contributed by atoms with van der Waals surface area (Å²) >= 11 is 0. The maximum absolute atomic E-state index is 2.63. The summed E-state index contributed by atoms with van der Waals surface area (Å²) in [6.45, 7) is 10.3. The van der Waals surface area contributed by atoms with E-state index in [1.165, 1.54) is 44.5 Å². The second kappa shape index (κ2) is 6.08. The Labute approximate surface area is 186 Å². The molecule has 0 nitrogen and oxygen atoms in total. The summed E-state index contributed by atoms with van der Waals surface area (Å²) in [5.74, 6) is 0. The monoisotopic (exact) mass is 416 g/mol. The minimum atomic E-state index is -2.09. The van der Waals surface area contributed by atoms with Gasteiger partial charge in [-0.25, -0.2) is 0 Å². The van der Waals surface area contributed by atoms with Crippen LogP contribution >= 0.6 is 0 Å². The van der Waals surface area contributed by atoms with Crippen LogP contribution in [0.25, 0.3) is 22.3 Å². The summed E-state index contributed by atoms with van der Waals surface area (Å²) in [7, 11) is -2.09. The van der Waals surface area contributed by atoms with E-state index in [1.807, 2.05) is 0 Å². The topological polar surface area (TPSA) is 0 Å². The van der Waals surface area contributed by atoms with Gasteiger partial charge in [0.2, 0.25) is 0 Å². The van der Waals surface area contributed by atoms with Gasteiger partial charge in [0, 0.05) is 10.1 Å². The van der Waals surface area contributed by atoms with E-state index < -0.39 is 8.07 Å². The minimum Gasteiger partial charge on any atom is -0.0674 e. The third-order valence-electron chi connectivity index (χ3n) is 8.94. The van der Waals surface area contributed by atoms with Crippen molar-refractivity contribution in [3.8, 4) is 22.3 Å². The van der Waals surface area contributed by atoms with E-state index >= 15 is 0 Å². The zero-order chi connectivity index (χ0) is 21.4. The van der Waals surface area contributed by atoms with Crippen LogP contribution in [0.15, 0.2) is 97.1 Å². The summed E-state index contributed by atoms with van der Waals surface area (Å²) in [6.07, 6.45) is 0. The third-order valence-corrected chi connectivity index (χ3v) is 15.0. The van der Waals surface area contributed by atoms with Crippen LogP contribution in [-0.4, -0.2) is 8.07 Å². The van der Waals surface area contributed by atoms with Crippen molar-refractivity contribution < 1.29 is 0 Å². The van der Waals surface area contributed by atoms with E-state index in [1.54, 1.807) is 0 Å². The van der Waals surface area contributed by atoms with Crippen LogP contribution in [0.1, 0.15) is 36.1 Å². The predicted octanol–water partition coefficient (Wildman–Crippen LogP) is 7.75. The fraction of sp³-hybridized carbons (Fsp3) is 0.200. The van der Waals surface area contributed by atoms with Gasteiger partial charge in [-0.2, -0.15) is 0 Å². The smallest absolute Gasteiger partial charge is 0.0674 e. The zero-order valence-electron chi connectivity index (χ0n) is 18.7. The molecule has 0 amide bonds. The van der Waals surface area contributed by atoms with Crippen molar-refractivity contribution in [3.63, 3.8) is 0 Å². The molecule has 0 heterocycles. The minimum absolute atomic E-state index is 0.0134. The first kappa shape index (κ1) is 18.8. The molecule has 31 heavy (non-hydrogen) atoms. The molecule has 0 saturated carbocycles. The molecule has 0 radical (unpaired) electrons. The standard InChI is InChI=1S/C30H28Si/c1-29(25-17-9-5-13-21(25)22-14-6-10-18-26(22)29)31(3,4)30(2)27-19-11-7-15-23(27)24-16-8-12-20-28(24)30/h5-20H,1-4H3. The lowest BCUT2D eigenvalue weighted by Crippen LogP contribution is -2.62. The van der Waals surface area contributed by atoms with Gasteiger partial charge < -0.3 is 0 Å². The van der Waals surface area contributed by atoms with Crippen molar-refractivity contribution in [1.29, 1.82) is 0 Å². The largest absolute Gasteiger partial charge is 0.0800 e. The summed E-state index contributed by atoms with van der Waals surface area (Å²) in [4.78, 5) is 0. The van der Waals surface area contributed by atoms with E-state index in [-0.39, 0.29) is 10.1 Å². The molecule has 6 rings (SSSR count). The molecule has 1 heteroatoms. The lowest BCUT2D eigenvalue weighted by atomic mass is 9.96. The molecular formula is C30H28Si. The number of rotatable bonds is 2. The van der Waals surface area contributed by atoms with Crippen LogP contribution in [0.5, 0.6) is 0 Å². The second-order valence-electron chi connectivity index (χ2n) is 10.1. The summed E-state index contributed by atoms with van der Waals surface area (Å²) < 4.78 is 0. The second-order valence-corrected chi connectivity index (χ2v) is 15.3. The summed E-state index contributed by atoms with van der Waals surface area (Å²) in [5, 5.41) is 0.0268. The van der Waals surface area contributed by atoms with Crippen molar-refractivity contribution in [1.82, 2.24) is 0 Å². The summed E-state index contributed by atoms with van der Waals surface area (Å²) in [5.41, 5.74) is 11.7. The van der Waals surface area contributed by atoms with Gasteiger partial charge in [0.1, 0.15) is 0 Å². The lowest BCUT2D eigenvalue weighted by molar-refractivity contribution is 0.690. The van der Waals surface area contributed by atoms with Crippen molar-refractivity contribution in [2.24, 2.45) is 0 Å². The van der Waals surface area contributed by atoms with E-state index in [0.29, 0.717) is 0 Å². The molecule has 4 aromatic carbocycles. The van der Waals surface area contributed by atoms with E-state index in [9.17, 15) is 0 Å². The molecule has 0 fully saturated rings. The number of benzene rings is 4. The molecule has 0 unspecified atom stereocenters. The van der Waals surface area contributed by atoms with Gasteiger partial charge in [0.25, 0.3) is 0 Å². The van der Waals surface area contributed by atoms with Crippen LogP contribution < -0.4 is 0 Å². The van der Waals surface area contributed by atoms with Crippen molar-refractivity contribution in [3.05, 3.63) is 119 Å². The third kappa shape index (κ3) is 2.06. The lowest BCUT2D eigenvalue weighted by Gasteiger charge is -2.52. The van der Waals surface area contributed by atoms with Gasteiger partial charge in [0.05, 0.1) is 8.07 Å². The Morgan fingerprint density at radius 3 is 0.903 bits per heavy atom. The quantitative estimate of drug-likeness (QED) is 0.293. The Kier molecular flexibility index (Phi) is 3.69. The molecule has 2 aliphatic rings. The van der Waals surface area contributed by atoms with Crippen LogP contribution in [0.2, 0.25) is 13.1 Å². The highest BCUT2D eigenvalue weighted by Gasteiger charge is 2.62. The molecule has 2 aliphatic carbocycles. The van der Waals surface area contributed by atoms with E-state index in [4.69, 9.17) is 0 Å². The Morgan fingerprint density at radius 1 is 0.419 bits per heavy atom. The fourth-order valence-corrected chi connectivity index (χ4v) is 11.3. The first-order chi connectivity index (χ1) is 14.9. The molecule has 0 saturated heterocycles. The Hall–Kier alpha value is -2.90. The average molecular weight is 417 g/mol. The average Bonchev–Trinajstić information content (AvgIpc) is 3.24. The van der Waals surface area contributed by atoms with Crippen molar-refractivity contribution in [2.75, 3.05) is 0 Å². The van der Waals surface area contributed by atoms with Gasteiger partial charge in [-0.3, -0.25) is 0 Å². The molecule has 0 N–H and O–H groups in total. The van der Waals surface area contributed by atoms with Crippen LogP contribution in [0.4, 0.5) is 0 Å². The van der Waals surface area contributed by atoms with E-state index in [0.717, 1.165) is 0 Å². The first-order valence-electron chi connectivity index (χ1n) is 11.3. The molecule has 4 aromatic rings. The van der Waals surface area contributed by atoms with Crippen molar-refractivity contribution in [2.45, 2.75) is 37.0 Å². The van der Waals surface area contributed by atoms with Crippen LogP contribution in [0.3, 0.4) is 0 Å². The predicted molar refractivity (Wildman–Crippen MR) is 134 cm³/mol. The van der Waals surface area contributed by atoms with Crippen molar-refractivity contribution >= 4 is 8.07 Å².